The summed E-state index contributed by atoms with van der Waals surface area (Å²) >= 11 is 0. The predicted molar refractivity (Wildman–Crippen MR) is 77.9 cm³/mol. The van der Waals surface area contributed by atoms with E-state index in [9.17, 15) is 5.11 Å². The lowest BCUT2D eigenvalue weighted by atomic mass is 9.89. The van der Waals surface area contributed by atoms with Gasteiger partial charge in [0.2, 0.25) is 0 Å². The summed E-state index contributed by atoms with van der Waals surface area (Å²) < 4.78 is 1.95. The van der Waals surface area contributed by atoms with Gasteiger partial charge in [-0.1, -0.05) is 50.6 Å². The second-order valence-corrected chi connectivity index (χ2v) is 6.20. The van der Waals surface area contributed by atoms with Gasteiger partial charge >= 0.3 is 0 Å². The molecule has 0 radical (unpaired) electrons. The van der Waals surface area contributed by atoms with Gasteiger partial charge < -0.3 is 9.67 Å². The lowest BCUT2D eigenvalue weighted by molar-refractivity contribution is 0.0481. The Morgan fingerprint density at radius 3 is 2.42 bits per heavy atom. The molecule has 0 spiro atoms. The molecule has 0 saturated heterocycles. The molecule has 0 aliphatic carbocycles. The molecular formula is C16H22N2O. The second-order valence-electron chi connectivity index (χ2n) is 6.20. The number of aliphatic hydroxyl groups is 1. The number of hydrogen-bond donors (Lipinski definition) is 1. The summed E-state index contributed by atoms with van der Waals surface area (Å²) in [6.07, 6.45) is 3.39. The van der Waals surface area contributed by atoms with Crippen LogP contribution in [0, 0.1) is 12.3 Å². The third-order valence-corrected chi connectivity index (χ3v) is 3.36. The van der Waals surface area contributed by atoms with Gasteiger partial charge in [-0.25, -0.2) is 4.98 Å². The zero-order chi connectivity index (χ0) is 14.0. The van der Waals surface area contributed by atoms with Crippen molar-refractivity contribution in [3.05, 3.63) is 42.4 Å². The first kappa shape index (κ1) is 13.8. The largest absolute Gasteiger partial charge is 0.391 e. The molecule has 1 atom stereocenters. The van der Waals surface area contributed by atoms with E-state index in [0.717, 1.165) is 11.3 Å². The summed E-state index contributed by atoms with van der Waals surface area (Å²) in [5, 5.41) is 10.1. The van der Waals surface area contributed by atoms with Gasteiger partial charge in [0.1, 0.15) is 0 Å². The van der Waals surface area contributed by atoms with Gasteiger partial charge in [0.15, 0.2) is 0 Å². The lowest BCUT2D eigenvalue weighted by Crippen LogP contribution is -2.30. The average Bonchev–Trinajstić information content (AvgIpc) is 2.77. The Balaban J connectivity index is 2.13. The molecule has 0 aliphatic rings. The smallest absolute Gasteiger partial charge is 0.0954 e. The average molecular weight is 258 g/mol. The number of nitrogens with zero attached hydrogens (tertiary/aromatic N) is 2. The number of hydrogen-bond acceptors (Lipinski definition) is 2. The van der Waals surface area contributed by atoms with Crippen molar-refractivity contribution in [3.8, 4) is 11.3 Å². The molecule has 2 aromatic rings. The van der Waals surface area contributed by atoms with Crippen molar-refractivity contribution < 1.29 is 5.11 Å². The van der Waals surface area contributed by atoms with Crippen LogP contribution in [-0.4, -0.2) is 20.8 Å². The zero-order valence-electron chi connectivity index (χ0n) is 12.1. The monoisotopic (exact) mass is 258 g/mol. The fourth-order valence-corrected chi connectivity index (χ4v) is 1.81. The molecular weight excluding hydrogens is 236 g/mol. The van der Waals surface area contributed by atoms with Crippen molar-refractivity contribution in [2.24, 2.45) is 5.41 Å². The first-order chi connectivity index (χ1) is 8.86. The van der Waals surface area contributed by atoms with E-state index in [1.54, 1.807) is 6.33 Å². The maximum atomic E-state index is 10.1. The van der Waals surface area contributed by atoms with Crippen molar-refractivity contribution in [3.63, 3.8) is 0 Å². The van der Waals surface area contributed by atoms with Crippen molar-refractivity contribution in [2.75, 3.05) is 0 Å². The van der Waals surface area contributed by atoms with Crippen LogP contribution in [0.4, 0.5) is 0 Å². The Hall–Kier alpha value is -1.61. The number of aromatic nitrogens is 2. The number of aryl methyl sites for hydroxylation is 1. The van der Waals surface area contributed by atoms with Gasteiger partial charge in [-0.05, 0) is 12.3 Å². The van der Waals surface area contributed by atoms with E-state index in [0.29, 0.717) is 6.54 Å². The minimum absolute atomic E-state index is 0.117. The highest BCUT2D eigenvalue weighted by Crippen LogP contribution is 2.22. The highest BCUT2D eigenvalue weighted by Gasteiger charge is 2.22. The normalized spacial score (nSPS) is 13.5. The van der Waals surface area contributed by atoms with Crippen LogP contribution >= 0.6 is 0 Å². The van der Waals surface area contributed by atoms with Gasteiger partial charge in [0.05, 0.1) is 24.7 Å². The minimum Gasteiger partial charge on any atom is -0.391 e. The Morgan fingerprint density at radius 1 is 1.21 bits per heavy atom. The van der Waals surface area contributed by atoms with Crippen LogP contribution in [0.5, 0.6) is 0 Å². The number of benzene rings is 1. The van der Waals surface area contributed by atoms with Gasteiger partial charge in [-0.2, -0.15) is 0 Å². The Morgan fingerprint density at radius 2 is 1.84 bits per heavy atom. The summed E-state index contributed by atoms with van der Waals surface area (Å²) in [6.45, 7) is 8.75. The molecule has 0 bridgehead atoms. The van der Waals surface area contributed by atoms with E-state index < -0.39 is 0 Å². The SMILES string of the molecule is Cc1ccc(-c2cn(C[C@@H](O)C(C)(C)C)cn2)cc1. The first-order valence-electron chi connectivity index (χ1n) is 6.63. The topological polar surface area (TPSA) is 38.0 Å². The number of aliphatic hydroxyl groups excluding tert-OH is 1. The molecule has 102 valence electrons. The van der Waals surface area contributed by atoms with E-state index in [-0.39, 0.29) is 11.5 Å². The molecule has 0 aliphatic heterocycles. The van der Waals surface area contributed by atoms with Crippen molar-refractivity contribution >= 4 is 0 Å². The molecule has 2 rings (SSSR count). The molecule has 1 heterocycles. The maximum Gasteiger partial charge on any atom is 0.0954 e. The summed E-state index contributed by atoms with van der Waals surface area (Å²) in [4.78, 5) is 4.40. The number of imidazole rings is 1. The number of rotatable bonds is 3. The highest BCUT2D eigenvalue weighted by molar-refractivity contribution is 5.58. The van der Waals surface area contributed by atoms with Crippen LogP contribution in [0.1, 0.15) is 26.3 Å². The standard InChI is InChI=1S/C16H22N2O/c1-12-5-7-13(8-6-12)14-9-18(11-17-14)10-15(19)16(2,3)4/h5-9,11,15,19H,10H2,1-4H3/t15-/m1/s1. The van der Waals surface area contributed by atoms with Crippen LogP contribution in [-0.2, 0) is 6.54 Å². The quantitative estimate of drug-likeness (QED) is 0.917. The molecule has 0 amide bonds. The molecule has 1 aromatic carbocycles. The summed E-state index contributed by atoms with van der Waals surface area (Å²) in [5.41, 5.74) is 3.18. The van der Waals surface area contributed by atoms with E-state index in [1.165, 1.54) is 5.56 Å². The van der Waals surface area contributed by atoms with Gasteiger partial charge in [-0.15, -0.1) is 0 Å². The van der Waals surface area contributed by atoms with E-state index >= 15 is 0 Å². The fourth-order valence-electron chi connectivity index (χ4n) is 1.81. The van der Waals surface area contributed by atoms with Crippen LogP contribution in [0.2, 0.25) is 0 Å². The molecule has 0 unspecified atom stereocenters. The maximum absolute atomic E-state index is 10.1. The fraction of sp³-hybridized carbons (Fsp3) is 0.438. The van der Waals surface area contributed by atoms with Gasteiger partial charge in [0, 0.05) is 11.8 Å². The molecule has 0 fully saturated rings. The Labute approximate surface area is 114 Å². The van der Waals surface area contributed by atoms with E-state index in [4.69, 9.17) is 0 Å². The van der Waals surface area contributed by atoms with Gasteiger partial charge in [-0.3, -0.25) is 0 Å². The predicted octanol–water partition coefficient (Wildman–Crippen LogP) is 3.27. The Kier molecular flexibility index (Phi) is 3.76. The summed E-state index contributed by atoms with van der Waals surface area (Å²) in [7, 11) is 0. The minimum atomic E-state index is -0.382. The van der Waals surface area contributed by atoms with E-state index in [1.807, 2.05) is 31.5 Å². The summed E-state index contributed by atoms with van der Waals surface area (Å²) in [5.74, 6) is 0. The third kappa shape index (κ3) is 3.44. The zero-order valence-corrected chi connectivity index (χ0v) is 12.1. The molecule has 3 heteroatoms. The van der Waals surface area contributed by atoms with Crippen LogP contribution in [0.25, 0.3) is 11.3 Å². The Bertz CT molecular complexity index is 535. The van der Waals surface area contributed by atoms with Gasteiger partial charge in [0.25, 0.3) is 0 Å². The lowest BCUT2D eigenvalue weighted by Gasteiger charge is -2.25. The third-order valence-electron chi connectivity index (χ3n) is 3.36. The van der Waals surface area contributed by atoms with Crippen LogP contribution < -0.4 is 0 Å². The molecule has 0 saturated carbocycles. The molecule has 19 heavy (non-hydrogen) atoms. The molecule has 1 aromatic heterocycles. The van der Waals surface area contributed by atoms with Crippen LogP contribution in [0.3, 0.4) is 0 Å². The first-order valence-corrected chi connectivity index (χ1v) is 6.63. The summed E-state index contributed by atoms with van der Waals surface area (Å²) in [6, 6.07) is 8.31. The second kappa shape index (κ2) is 5.17. The van der Waals surface area contributed by atoms with Crippen LogP contribution in [0.15, 0.2) is 36.8 Å². The molecule has 1 N–H and O–H groups in total. The van der Waals surface area contributed by atoms with Crippen molar-refractivity contribution in [2.45, 2.75) is 40.3 Å². The molecule has 3 nitrogen and oxygen atoms in total. The van der Waals surface area contributed by atoms with E-state index in [2.05, 4.69) is 36.2 Å². The highest BCUT2D eigenvalue weighted by atomic mass is 16.3. The van der Waals surface area contributed by atoms with Crippen molar-refractivity contribution in [1.29, 1.82) is 0 Å². The van der Waals surface area contributed by atoms with Crippen molar-refractivity contribution in [1.82, 2.24) is 9.55 Å².